The second-order valence-electron chi connectivity index (χ2n) is 4.93. The number of nitrogens with zero attached hydrogens (tertiary/aromatic N) is 1. The Morgan fingerprint density at radius 3 is 2.78 bits per heavy atom. The summed E-state index contributed by atoms with van der Waals surface area (Å²) in [5.74, 6) is 0.0502. The summed E-state index contributed by atoms with van der Waals surface area (Å²) in [6, 6.07) is 11.5. The zero-order valence-electron chi connectivity index (χ0n) is 12.1. The largest absolute Gasteiger partial charge is 0.469 e. The summed E-state index contributed by atoms with van der Waals surface area (Å²) in [7, 11) is -3.95. The fourth-order valence-electron chi connectivity index (χ4n) is 2.26. The maximum absolute atomic E-state index is 12.4. The molecule has 1 aromatic carbocycles. The first-order valence-corrected chi connectivity index (χ1v) is 8.46. The van der Waals surface area contributed by atoms with Crippen molar-refractivity contribution in [3.8, 4) is 0 Å². The van der Waals surface area contributed by atoms with Gasteiger partial charge in [0.15, 0.2) is 0 Å². The second kappa shape index (κ2) is 6.21. The Kier molecular flexibility index (Phi) is 4.12. The van der Waals surface area contributed by atoms with E-state index in [4.69, 9.17) is 4.42 Å². The van der Waals surface area contributed by atoms with E-state index in [9.17, 15) is 13.2 Å². The monoisotopic (exact) mass is 330 g/mol. The normalized spacial score (nSPS) is 11.5. The Balaban J connectivity index is 1.79. The van der Waals surface area contributed by atoms with Crippen molar-refractivity contribution >= 4 is 26.8 Å². The van der Waals surface area contributed by atoms with Crippen LogP contribution in [0.1, 0.15) is 12.2 Å². The van der Waals surface area contributed by atoms with Crippen molar-refractivity contribution in [3.63, 3.8) is 0 Å². The Bertz CT molecular complexity index is 928. The summed E-state index contributed by atoms with van der Waals surface area (Å²) >= 11 is 0. The number of nitrogens with one attached hydrogen (secondary N) is 1. The van der Waals surface area contributed by atoms with Gasteiger partial charge in [0.05, 0.1) is 16.7 Å². The number of carbonyl (C=O) groups excluding carboxylic acids is 1. The number of amides is 1. The van der Waals surface area contributed by atoms with Crippen molar-refractivity contribution in [1.29, 1.82) is 0 Å². The number of fused-ring (bicyclic) bond motifs is 1. The van der Waals surface area contributed by atoms with Crippen molar-refractivity contribution in [1.82, 2.24) is 9.71 Å². The number of benzene rings is 1. The number of carbonyl (C=O) groups is 1. The first kappa shape index (κ1) is 15.2. The van der Waals surface area contributed by atoms with Crippen LogP contribution in [0.5, 0.6) is 0 Å². The summed E-state index contributed by atoms with van der Waals surface area (Å²) in [5.41, 5.74) is 0.554. The minimum Gasteiger partial charge on any atom is -0.469 e. The molecule has 6 nitrogen and oxygen atoms in total. The maximum Gasteiger partial charge on any atom is 0.264 e. The molecule has 23 heavy (non-hydrogen) atoms. The van der Waals surface area contributed by atoms with Crippen LogP contribution in [0.15, 0.2) is 64.2 Å². The molecule has 0 fully saturated rings. The van der Waals surface area contributed by atoms with Crippen LogP contribution in [0.25, 0.3) is 10.9 Å². The van der Waals surface area contributed by atoms with Crippen LogP contribution in [-0.4, -0.2) is 19.3 Å². The van der Waals surface area contributed by atoms with Gasteiger partial charge in [0.25, 0.3) is 10.0 Å². The van der Waals surface area contributed by atoms with Gasteiger partial charge in [0, 0.05) is 24.4 Å². The molecule has 3 aromatic rings. The minimum absolute atomic E-state index is 0.0236. The standard InChI is InChI=1S/C16H14N2O4S/c19-16(9-8-12-4-3-11-22-12)18-23(20,21)15-7-1-6-14-13(15)5-2-10-17-14/h1-7,10-11H,8-9H2,(H,18,19). The molecule has 0 aliphatic carbocycles. The average Bonchev–Trinajstić information content (AvgIpc) is 3.05. The fraction of sp³-hybridized carbons (Fsp3) is 0.125. The van der Waals surface area contributed by atoms with E-state index in [1.165, 1.54) is 12.3 Å². The van der Waals surface area contributed by atoms with Crippen molar-refractivity contribution in [3.05, 3.63) is 60.7 Å². The Hall–Kier alpha value is -2.67. The van der Waals surface area contributed by atoms with Gasteiger partial charge in [-0.05, 0) is 36.4 Å². The van der Waals surface area contributed by atoms with Crippen molar-refractivity contribution in [2.75, 3.05) is 0 Å². The molecular formula is C16H14N2O4S. The smallest absolute Gasteiger partial charge is 0.264 e. The molecule has 0 atom stereocenters. The predicted molar refractivity (Wildman–Crippen MR) is 84.1 cm³/mol. The summed E-state index contributed by atoms with van der Waals surface area (Å²) in [5, 5.41) is 0.473. The molecule has 118 valence electrons. The third-order valence-corrected chi connectivity index (χ3v) is 4.75. The van der Waals surface area contributed by atoms with Crippen LogP contribution >= 0.6 is 0 Å². The van der Waals surface area contributed by atoms with Gasteiger partial charge in [-0.15, -0.1) is 0 Å². The molecule has 0 aliphatic heterocycles. The van der Waals surface area contributed by atoms with Crippen LogP contribution in [-0.2, 0) is 21.2 Å². The van der Waals surface area contributed by atoms with Gasteiger partial charge < -0.3 is 4.42 Å². The molecule has 0 spiro atoms. The van der Waals surface area contributed by atoms with Crippen LogP contribution in [0, 0.1) is 0 Å². The molecule has 0 saturated carbocycles. The Morgan fingerprint density at radius 1 is 1.13 bits per heavy atom. The third kappa shape index (κ3) is 3.40. The molecule has 1 amide bonds. The van der Waals surface area contributed by atoms with E-state index in [0.29, 0.717) is 23.1 Å². The quantitative estimate of drug-likeness (QED) is 0.775. The summed E-state index contributed by atoms with van der Waals surface area (Å²) < 4.78 is 32.1. The number of hydrogen-bond donors (Lipinski definition) is 1. The summed E-state index contributed by atoms with van der Waals surface area (Å²) in [6.45, 7) is 0. The SMILES string of the molecule is O=C(CCc1ccco1)NS(=O)(=O)c1cccc2ncccc12. The zero-order chi connectivity index (χ0) is 16.3. The third-order valence-electron chi connectivity index (χ3n) is 3.32. The molecule has 3 rings (SSSR count). The highest BCUT2D eigenvalue weighted by atomic mass is 32.2. The molecule has 0 aliphatic rings. The van der Waals surface area contributed by atoms with E-state index in [1.807, 2.05) is 0 Å². The highest BCUT2D eigenvalue weighted by Gasteiger charge is 2.20. The van der Waals surface area contributed by atoms with Crippen LogP contribution < -0.4 is 4.72 Å². The van der Waals surface area contributed by atoms with Gasteiger partial charge >= 0.3 is 0 Å². The fourth-order valence-corrected chi connectivity index (χ4v) is 3.49. The van der Waals surface area contributed by atoms with Gasteiger partial charge in [-0.25, -0.2) is 13.1 Å². The number of pyridine rings is 1. The van der Waals surface area contributed by atoms with Crippen molar-refractivity contribution in [2.24, 2.45) is 0 Å². The lowest BCUT2D eigenvalue weighted by Crippen LogP contribution is -2.30. The van der Waals surface area contributed by atoms with Gasteiger partial charge in [0.1, 0.15) is 5.76 Å². The number of hydrogen-bond acceptors (Lipinski definition) is 5. The van der Waals surface area contributed by atoms with E-state index in [-0.39, 0.29) is 11.3 Å². The minimum atomic E-state index is -3.95. The molecule has 2 heterocycles. The van der Waals surface area contributed by atoms with Crippen LogP contribution in [0.2, 0.25) is 0 Å². The molecule has 0 unspecified atom stereocenters. The molecule has 7 heteroatoms. The average molecular weight is 330 g/mol. The molecule has 0 bridgehead atoms. The van der Waals surface area contributed by atoms with E-state index in [0.717, 1.165) is 0 Å². The topological polar surface area (TPSA) is 89.3 Å². The molecule has 1 N–H and O–H groups in total. The van der Waals surface area contributed by atoms with Gasteiger partial charge in [0.2, 0.25) is 5.91 Å². The van der Waals surface area contributed by atoms with E-state index < -0.39 is 15.9 Å². The van der Waals surface area contributed by atoms with Crippen LogP contribution in [0.3, 0.4) is 0 Å². The number of sulfonamides is 1. The molecular weight excluding hydrogens is 316 g/mol. The van der Waals surface area contributed by atoms with E-state index >= 15 is 0 Å². The lowest BCUT2D eigenvalue weighted by atomic mass is 10.2. The molecule has 0 saturated heterocycles. The first-order chi connectivity index (χ1) is 11.1. The molecule has 2 aromatic heterocycles. The van der Waals surface area contributed by atoms with Crippen LogP contribution in [0.4, 0.5) is 0 Å². The van der Waals surface area contributed by atoms with Gasteiger partial charge in [-0.3, -0.25) is 9.78 Å². The van der Waals surface area contributed by atoms with E-state index in [2.05, 4.69) is 9.71 Å². The van der Waals surface area contributed by atoms with Gasteiger partial charge in [-0.1, -0.05) is 6.07 Å². The zero-order valence-corrected chi connectivity index (χ0v) is 12.9. The molecule has 0 radical (unpaired) electrons. The van der Waals surface area contributed by atoms with Gasteiger partial charge in [-0.2, -0.15) is 0 Å². The Labute approximate surface area is 133 Å². The number of aryl methyl sites for hydroxylation is 1. The van der Waals surface area contributed by atoms with Crippen molar-refractivity contribution in [2.45, 2.75) is 17.7 Å². The van der Waals surface area contributed by atoms with E-state index in [1.54, 1.807) is 42.6 Å². The lowest BCUT2D eigenvalue weighted by Gasteiger charge is -2.09. The predicted octanol–water partition coefficient (Wildman–Crippen LogP) is 2.27. The summed E-state index contributed by atoms with van der Waals surface area (Å²) in [4.78, 5) is 16.1. The number of rotatable bonds is 5. The maximum atomic E-state index is 12.4. The Morgan fingerprint density at radius 2 is 2.00 bits per heavy atom. The first-order valence-electron chi connectivity index (χ1n) is 6.98. The highest BCUT2D eigenvalue weighted by molar-refractivity contribution is 7.90. The highest BCUT2D eigenvalue weighted by Crippen LogP contribution is 2.21. The lowest BCUT2D eigenvalue weighted by molar-refractivity contribution is -0.119. The van der Waals surface area contributed by atoms with Crippen molar-refractivity contribution < 1.29 is 17.6 Å². The number of furan rings is 1. The number of aromatic nitrogens is 1. The second-order valence-corrected chi connectivity index (χ2v) is 6.59. The summed E-state index contributed by atoms with van der Waals surface area (Å²) in [6.07, 6.45) is 3.45.